The van der Waals surface area contributed by atoms with Crippen molar-refractivity contribution in [1.82, 2.24) is 4.98 Å². The molecule has 1 aromatic heterocycles. The summed E-state index contributed by atoms with van der Waals surface area (Å²) in [7, 11) is 2.00. The third-order valence-corrected chi connectivity index (χ3v) is 3.18. The lowest BCUT2D eigenvalue weighted by molar-refractivity contribution is -0.385. The molecule has 0 bridgehead atoms. The van der Waals surface area contributed by atoms with Crippen molar-refractivity contribution in [3.05, 3.63) is 28.4 Å². The highest BCUT2D eigenvalue weighted by atomic mass is 16.6. The number of rotatable bonds is 3. The summed E-state index contributed by atoms with van der Waals surface area (Å²) >= 11 is 0. The summed E-state index contributed by atoms with van der Waals surface area (Å²) in [6, 6.07) is 3.76. The maximum absolute atomic E-state index is 10.5. The normalized spacial score (nSPS) is 16.3. The Bertz CT molecular complexity index is 371. The standard InChI is InChI=1S/C11H15N3O2/c1-13(9-4-2-3-5-9)11-7-6-10(8-12-11)14(15)16/h6-9H,2-5H2,1H3. The molecular weight excluding hydrogens is 206 g/mol. The maximum Gasteiger partial charge on any atom is 0.287 e. The molecule has 1 saturated carbocycles. The summed E-state index contributed by atoms with van der Waals surface area (Å²) in [4.78, 5) is 16.3. The molecule has 2 rings (SSSR count). The molecule has 0 N–H and O–H groups in total. The van der Waals surface area contributed by atoms with E-state index in [1.54, 1.807) is 6.07 Å². The van der Waals surface area contributed by atoms with Gasteiger partial charge in [-0.3, -0.25) is 10.1 Å². The summed E-state index contributed by atoms with van der Waals surface area (Å²) in [5.41, 5.74) is 0.0450. The van der Waals surface area contributed by atoms with Gasteiger partial charge in [0.15, 0.2) is 0 Å². The molecule has 1 aromatic rings. The Labute approximate surface area is 94.2 Å². The van der Waals surface area contributed by atoms with E-state index in [1.807, 2.05) is 7.05 Å². The van der Waals surface area contributed by atoms with Crippen LogP contribution >= 0.6 is 0 Å². The third kappa shape index (κ3) is 2.13. The largest absolute Gasteiger partial charge is 0.357 e. The first-order chi connectivity index (χ1) is 7.68. The van der Waals surface area contributed by atoms with E-state index < -0.39 is 4.92 Å². The SMILES string of the molecule is CN(c1ccc([N+](=O)[O-])cn1)C1CCCC1. The highest BCUT2D eigenvalue weighted by molar-refractivity contribution is 5.43. The Hall–Kier alpha value is -1.65. The van der Waals surface area contributed by atoms with Crippen molar-refractivity contribution in [2.45, 2.75) is 31.7 Å². The van der Waals surface area contributed by atoms with E-state index in [0.717, 1.165) is 5.82 Å². The van der Waals surface area contributed by atoms with Crippen LogP contribution in [0.2, 0.25) is 0 Å². The molecule has 86 valence electrons. The summed E-state index contributed by atoms with van der Waals surface area (Å²) in [5, 5.41) is 10.5. The zero-order valence-corrected chi connectivity index (χ0v) is 9.30. The Morgan fingerprint density at radius 2 is 2.12 bits per heavy atom. The third-order valence-electron chi connectivity index (χ3n) is 3.18. The smallest absolute Gasteiger partial charge is 0.287 e. The van der Waals surface area contributed by atoms with Crippen LogP contribution in [0.15, 0.2) is 18.3 Å². The van der Waals surface area contributed by atoms with Crippen LogP contribution in [0, 0.1) is 10.1 Å². The first kappa shape index (κ1) is 10.9. The van der Waals surface area contributed by atoms with E-state index in [-0.39, 0.29) is 5.69 Å². The van der Waals surface area contributed by atoms with E-state index in [1.165, 1.54) is 37.9 Å². The average Bonchev–Trinajstić information content (AvgIpc) is 2.81. The number of hydrogen-bond donors (Lipinski definition) is 0. The van der Waals surface area contributed by atoms with Crippen LogP contribution in [0.4, 0.5) is 11.5 Å². The minimum Gasteiger partial charge on any atom is -0.357 e. The van der Waals surface area contributed by atoms with Crippen LogP contribution in [0.5, 0.6) is 0 Å². The number of nitrogens with zero attached hydrogens (tertiary/aromatic N) is 3. The summed E-state index contributed by atoms with van der Waals surface area (Å²) < 4.78 is 0. The molecule has 1 aliphatic carbocycles. The summed E-state index contributed by atoms with van der Waals surface area (Å²) in [6.07, 6.45) is 6.23. The monoisotopic (exact) mass is 221 g/mol. The van der Waals surface area contributed by atoms with E-state index in [2.05, 4.69) is 9.88 Å². The Balaban J connectivity index is 2.11. The molecule has 0 aliphatic heterocycles. The zero-order valence-electron chi connectivity index (χ0n) is 9.30. The lowest BCUT2D eigenvalue weighted by atomic mass is 10.2. The predicted octanol–water partition coefficient (Wildman–Crippen LogP) is 2.37. The molecule has 0 amide bonds. The van der Waals surface area contributed by atoms with Crippen molar-refractivity contribution < 1.29 is 4.92 Å². The van der Waals surface area contributed by atoms with Crippen molar-refractivity contribution in [3.63, 3.8) is 0 Å². The van der Waals surface area contributed by atoms with Gasteiger partial charge in [-0.05, 0) is 18.9 Å². The van der Waals surface area contributed by atoms with E-state index >= 15 is 0 Å². The van der Waals surface area contributed by atoms with Gasteiger partial charge in [0, 0.05) is 19.2 Å². The van der Waals surface area contributed by atoms with Crippen LogP contribution in [0.1, 0.15) is 25.7 Å². The molecule has 1 heterocycles. The molecule has 0 saturated heterocycles. The molecule has 0 spiro atoms. The van der Waals surface area contributed by atoms with Gasteiger partial charge in [0.25, 0.3) is 5.69 Å². The second-order valence-electron chi connectivity index (χ2n) is 4.18. The molecular formula is C11H15N3O2. The van der Waals surface area contributed by atoms with Gasteiger partial charge in [0.1, 0.15) is 12.0 Å². The Morgan fingerprint density at radius 3 is 2.62 bits per heavy atom. The number of anilines is 1. The summed E-state index contributed by atoms with van der Waals surface area (Å²) in [5.74, 6) is 0.817. The summed E-state index contributed by atoms with van der Waals surface area (Å²) in [6.45, 7) is 0. The lowest BCUT2D eigenvalue weighted by Gasteiger charge is -2.24. The van der Waals surface area contributed by atoms with Crippen LogP contribution < -0.4 is 4.90 Å². The Morgan fingerprint density at radius 1 is 1.44 bits per heavy atom. The fourth-order valence-electron chi connectivity index (χ4n) is 2.17. The van der Waals surface area contributed by atoms with Crippen LogP contribution in [-0.4, -0.2) is 23.0 Å². The molecule has 5 heteroatoms. The average molecular weight is 221 g/mol. The zero-order chi connectivity index (χ0) is 11.5. The van der Waals surface area contributed by atoms with Crippen LogP contribution in [0.25, 0.3) is 0 Å². The van der Waals surface area contributed by atoms with Gasteiger partial charge in [-0.15, -0.1) is 0 Å². The van der Waals surface area contributed by atoms with Gasteiger partial charge >= 0.3 is 0 Å². The molecule has 0 radical (unpaired) electrons. The number of pyridine rings is 1. The lowest BCUT2D eigenvalue weighted by Crippen LogP contribution is -2.29. The molecule has 16 heavy (non-hydrogen) atoms. The minimum absolute atomic E-state index is 0.0450. The number of aromatic nitrogens is 1. The topological polar surface area (TPSA) is 59.3 Å². The van der Waals surface area contributed by atoms with Gasteiger partial charge in [0.2, 0.25) is 0 Å². The van der Waals surface area contributed by atoms with Gasteiger partial charge < -0.3 is 4.90 Å². The highest BCUT2D eigenvalue weighted by Crippen LogP contribution is 2.26. The second kappa shape index (κ2) is 4.47. The second-order valence-corrected chi connectivity index (χ2v) is 4.18. The first-order valence-electron chi connectivity index (χ1n) is 5.52. The first-order valence-corrected chi connectivity index (χ1v) is 5.52. The fraction of sp³-hybridized carbons (Fsp3) is 0.545. The van der Waals surface area contributed by atoms with Gasteiger partial charge in [-0.25, -0.2) is 4.98 Å². The maximum atomic E-state index is 10.5. The van der Waals surface area contributed by atoms with Gasteiger partial charge in [-0.2, -0.15) is 0 Å². The van der Waals surface area contributed by atoms with Gasteiger partial charge in [-0.1, -0.05) is 12.8 Å². The van der Waals surface area contributed by atoms with E-state index in [9.17, 15) is 10.1 Å². The molecule has 0 atom stereocenters. The van der Waals surface area contributed by atoms with E-state index in [4.69, 9.17) is 0 Å². The van der Waals surface area contributed by atoms with Crippen molar-refractivity contribution in [2.24, 2.45) is 0 Å². The van der Waals surface area contributed by atoms with Crippen molar-refractivity contribution >= 4 is 11.5 Å². The highest BCUT2D eigenvalue weighted by Gasteiger charge is 2.20. The molecule has 0 aromatic carbocycles. The quantitative estimate of drug-likeness (QED) is 0.580. The van der Waals surface area contributed by atoms with Crippen LogP contribution in [0.3, 0.4) is 0 Å². The Kier molecular flexibility index (Phi) is 3.03. The fourth-order valence-corrected chi connectivity index (χ4v) is 2.17. The molecule has 1 fully saturated rings. The predicted molar refractivity (Wildman–Crippen MR) is 61.6 cm³/mol. The molecule has 1 aliphatic rings. The van der Waals surface area contributed by atoms with Crippen molar-refractivity contribution in [2.75, 3.05) is 11.9 Å². The molecule has 5 nitrogen and oxygen atoms in total. The van der Waals surface area contributed by atoms with E-state index in [0.29, 0.717) is 6.04 Å². The molecule has 0 unspecified atom stereocenters. The minimum atomic E-state index is -0.424. The van der Waals surface area contributed by atoms with Crippen molar-refractivity contribution in [1.29, 1.82) is 0 Å². The van der Waals surface area contributed by atoms with Crippen LogP contribution in [-0.2, 0) is 0 Å². The van der Waals surface area contributed by atoms with Gasteiger partial charge in [0.05, 0.1) is 4.92 Å². The number of hydrogen-bond acceptors (Lipinski definition) is 4. The number of nitro groups is 1. The van der Waals surface area contributed by atoms with Crippen molar-refractivity contribution in [3.8, 4) is 0 Å².